The summed E-state index contributed by atoms with van der Waals surface area (Å²) in [6.07, 6.45) is -18.9. The van der Waals surface area contributed by atoms with Gasteiger partial charge in [-0.05, 0) is 157 Å². The normalized spacial score (nSPS) is 25.6. The second-order valence-corrected chi connectivity index (χ2v) is 35.8. The molecule has 0 aliphatic carbocycles. The molecule has 0 saturated carbocycles. The number of aromatic hydroxyl groups is 4. The minimum Gasteiger partial charge on any atom is -0.508 e. The smallest absolute Gasteiger partial charge is 0.253 e. The van der Waals surface area contributed by atoms with Crippen LogP contribution in [0.15, 0.2) is 134 Å². The topological polar surface area (TPSA) is 660 Å². The third kappa shape index (κ3) is 22.7. The number of carbonyl (C=O) groups excluding carboxylic acids is 11. The molecule has 720 valence electrons. The Hall–Kier alpha value is -12.9. The average molecular weight is 1910 g/mol. The van der Waals surface area contributed by atoms with Gasteiger partial charge in [-0.1, -0.05) is 99.4 Å². The second kappa shape index (κ2) is 42.0. The molecule has 21 atom stereocenters. The first-order valence-corrected chi connectivity index (χ1v) is 44.0. The van der Waals surface area contributed by atoms with Crippen molar-refractivity contribution in [2.45, 2.75) is 207 Å². The number of para-hydroxylation sites is 1. The zero-order valence-corrected chi connectivity index (χ0v) is 75.3. The van der Waals surface area contributed by atoms with Gasteiger partial charge in [-0.2, -0.15) is 0 Å². The number of ether oxygens (including phenoxy) is 6. The number of nitrogens with two attached hydrogens (primary N) is 3. The number of phenols is 4. The zero-order valence-electron chi connectivity index (χ0n) is 73.8. The molecule has 27 N–H and O–H groups in total. The highest BCUT2D eigenvalue weighted by Crippen LogP contribution is 2.50. The number of H-pyrrole nitrogens is 1. The first-order chi connectivity index (χ1) is 64.0. The quantitative estimate of drug-likeness (QED) is 0.0409. The highest BCUT2D eigenvalue weighted by molar-refractivity contribution is 6.32. The van der Waals surface area contributed by atoms with Gasteiger partial charge in [0, 0.05) is 59.1 Å². The van der Waals surface area contributed by atoms with Crippen molar-refractivity contribution in [2.24, 2.45) is 29.0 Å². The summed E-state index contributed by atoms with van der Waals surface area (Å²) in [5.41, 5.74) is 15.5. The minimum absolute atomic E-state index is 0.0872. The van der Waals surface area contributed by atoms with Crippen molar-refractivity contribution in [3.63, 3.8) is 0 Å². The summed E-state index contributed by atoms with van der Waals surface area (Å²) < 4.78 is 38.7. The summed E-state index contributed by atoms with van der Waals surface area (Å²) in [6.45, 7) is 9.14. The van der Waals surface area contributed by atoms with Crippen molar-refractivity contribution in [1.29, 1.82) is 0 Å². The number of primary amides is 1. The monoisotopic (exact) mass is 1910 g/mol. The third-order valence-corrected chi connectivity index (χ3v) is 24.4. The van der Waals surface area contributed by atoms with E-state index in [1.807, 2.05) is 13.8 Å². The van der Waals surface area contributed by atoms with Crippen molar-refractivity contribution < 1.29 is 132 Å². The van der Waals surface area contributed by atoms with Gasteiger partial charge in [-0.25, -0.2) is 0 Å². The number of rotatable bonds is 24. The number of aliphatic hydroxyl groups is 6. The van der Waals surface area contributed by atoms with Gasteiger partial charge < -0.3 is 150 Å². The standard InChI is InChI=1S/C92H106Cl2N14O27/c1-37(2)22-53(95)81(120)100-57(28-45-35-99-54-11-9-8-10-48(45)54)83(122)101-56(24-40-12-17-46(110)18-13-40)85(124)108-88(127)71-50-31-47(111)32-60(113)68(50)49-25-41(14-19-59(49)112)69-86(125)107-73(90(129)105-71)78(134-67-34-92(6,97)80(119)39(5)130-67)43-16-21-62(52(94)27-43)132-64-30-44-29-63(79(64)135-91-77(118)76(117)75(116)65(36-109)133-91)131-61-20-15-42(26-51(61)93)74(115)72(106-82(121)55(98-7)23-38(3)4)89(128)102-58(33-66(96)114)84(123)103-70(44)87(126)104-69/h8-21,25-27,29-32,35,37-39,53,55-58,65,67,69-78,80,91,98-99,109-113,115-119H,22-24,28,33-34,36,95,97H2,1-7H3,(H2,96,114)(H,100,120)(H,101,122)(H,102,128)(H,103,123)(H,104,126)(H,105,129)(H,106,121)(H,107,125)(H,108,124,127)/t39-,53-,55+,56-,57-,58-,65+,67-,69+,70+,71+,72+,73?,74+,75+,76-,77+,78+,80-,91-,92-/m0/s1. The molecule has 0 radical (unpaired) electrons. The Balaban J connectivity index is 1.00. The molecule has 43 heteroatoms. The molecule has 7 aliphatic heterocycles. The molecule has 11 bridgehead atoms. The van der Waals surface area contributed by atoms with Crippen LogP contribution in [-0.4, -0.2) is 232 Å². The van der Waals surface area contributed by atoms with Crippen molar-refractivity contribution in [1.82, 2.24) is 58.2 Å². The molecule has 7 aromatic carbocycles. The molecule has 7 aliphatic rings. The summed E-state index contributed by atoms with van der Waals surface area (Å²) in [7, 11) is 1.46. The average Bonchev–Trinajstić information content (AvgIpc) is 1.19. The number of imide groups is 1. The van der Waals surface area contributed by atoms with Gasteiger partial charge in [-0.15, -0.1) is 0 Å². The molecule has 15 rings (SSSR count). The van der Waals surface area contributed by atoms with Crippen LogP contribution in [0.3, 0.4) is 0 Å². The maximum Gasteiger partial charge on any atom is 0.253 e. The van der Waals surface area contributed by atoms with Crippen LogP contribution in [0.25, 0.3) is 22.0 Å². The second-order valence-electron chi connectivity index (χ2n) is 35.0. The Kier molecular flexibility index (Phi) is 31.0. The number of phenolic OH excluding ortho intramolecular Hbond substituents is 4. The molecule has 41 nitrogen and oxygen atoms in total. The SMILES string of the molecule is CN[C@H](CC(C)C)C(=O)N[C@H]1C(=O)N[C@@H](CC(N)=O)C(=O)N[C@H]2C(=O)N[C@H]3C(=O)NC(C(=O)N[C@@H](C(=O)NC(=O)[C@H](Cc4ccc(O)cc4)NC(=O)[C@H](Cc4c[nH]c5ccccc45)NC(=O)[C@@H](N)CC(C)C)c4cc(O)cc(O)c4-c4cc3ccc4O)[C@H](O[C@H]3C[C@](C)(N)[C@@H](O)[C@H](C)O3)c3ccc(c(Cl)c3)Oc3cc2cc(c3O[C@@H]2O[C@H](CO)[C@@H](O)[C@H](O)[C@H]2O)Oc2ccc(cc2Cl)[C@H]1O. The number of fused-ring (bicyclic) bond motifs is 16. The van der Waals surface area contributed by atoms with E-state index in [1.54, 1.807) is 44.3 Å². The van der Waals surface area contributed by atoms with E-state index < -0.39 is 296 Å². The lowest BCUT2D eigenvalue weighted by atomic mass is 9.86. The zero-order chi connectivity index (χ0) is 97.8. The minimum atomic E-state index is -2.48. The third-order valence-electron chi connectivity index (χ3n) is 23.8. The molecule has 0 spiro atoms. The first kappa shape index (κ1) is 99.6. The number of amides is 11. The summed E-state index contributed by atoms with van der Waals surface area (Å²) in [6, 6.07) is 6.32. The Morgan fingerprint density at radius 3 is 1.88 bits per heavy atom. The molecule has 135 heavy (non-hydrogen) atoms. The number of likely N-dealkylation sites (N-methyl/N-ethyl adjacent to an activating group) is 1. The summed E-state index contributed by atoms with van der Waals surface area (Å²) in [4.78, 5) is 172. The van der Waals surface area contributed by atoms with Crippen LogP contribution >= 0.6 is 23.2 Å². The Morgan fingerprint density at radius 1 is 0.615 bits per heavy atom. The predicted octanol–water partition coefficient (Wildman–Crippen LogP) is 1.68. The molecule has 2 saturated heterocycles. The molecule has 8 heterocycles. The predicted molar refractivity (Wildman–Crippen MR) is 480 cm³/mol. The Morgan fingerprint density at radius 2 is 1.24 bits per heavy atom. The molecule has 8 aromatic rings. The van der Waals surface area contributed by atoms with Crippen molar-refractivity contribution in [3.05, 3.63) is 183 Å². The maximum atomic E-state index is 16.7. The van der Waals surface area contributed by atoms with Crippen LogP contribution in [0.2, 0.25) is 10.0 Å². The first-order valence-electron chi connectivity index (χ1n) is 43.2. The van der Waals surface area contributed by atoms with Crippen molar-refractivity contribution in [3.8, 4) is 62.9 Å². The van der Waals surface area contributed by atoms with E-state index in [2.05, 4.69) is 58.2 Å². The van der Waals surface area contributed by atoms with Gasteiger partial charge in [-0.3, -0.25) is 58.1 Å². The molecule has 1 aromatic heterocycles. The maximum absolute atomic E-state index is 16.7. The van der Waals surface area contributed by atoms with E-state index in [0.29, 0.717) is 16.5 Å². The molecular weight excluding hydrogens is 1800 g/mol. The number of aromatic nitrogens is 1. The summed E-state index contributed by atoms with van der Waals surface area (Å²) in [5.74, 6) is -20.2. The van der Waals surface area contributed by atoms with Crippen LogP contribution in [0.4, 0.5) is 0 Å². The van der Waals surface area contributed by atoms with Crippen LogP contribution in [0, 0.1) is 11.8 Å². The molecule has 1 unspecified atom stereocenters. The molecular formula is C92H106Cl2N14O27. The van der Waals surface area contributed by atoms with Gasteiger partial charge in [0.25, 0.3) is 5.91 Å². The largest absolute Gasteiger partial charge is 0.508 e. The molecule has 11 amide bonds. The number of hydrogen-bond acceptors (Lipinski definition) is 30. The lowest BCUT2D eigenvalue weighted by Crippen LogP contribution is -2.61. The highest BCUT2D eigenvalue weighted by Gasteiger charge is 2.50. The Bertz CT molecular complexity index is 5850. The van der Waals surface area contributed by atoms with Gasteiger partial charge >= 0.3 is 0 Å². The van der Waals surface area contributed by atoms with Crippen LogP contribution < -0.4 is 84.6 Å². The van der Waals surface area contributed by atoms with E-state index in [9.17, 15) is 65.4 Å². The fraction of sp³-hybridized carbons (Fsp3) is 0.402. The van der Waals surface area contributed by atoms with E-state index >= 15 is 38.4 Å². The number of halogens is 2. The number of aliphatic hydroxyl groups excluding tert-OH is 6. The van der Waals surface area contributed by atoms with E-state index in [0.717, 1.165) is 66.7 Å². The summed E-state index contributed by atoms with van der Waals surface area (Å²) in [5, 5.41) is 141. The van der Waals surface area contributed by atoms with Crippen molar-refractivity contribution >= 4 is 99.1 Å². The fourth-order valence-electron chi connectivity index (χ4n) is 16.8. The van der Waals surface area contributed by atoms with Crippen LogP contribution in [-0.2, 0) is 79.8 Å². The summed E-state index contributed by atoms with van der Waals surface area (Å²) >= 11 is 14.5. The molecule has 2 fully saturated rings. The van der Waals surface area contributed by atoms with Crippen LogP contribution in [0.1, 0.15) is 137 Å². The lowest BCUT2D eigenvalue weighted by molar-refractivity contribution is -0.277. The lowest BCUT2D eigenvalue weighted by Gasteiger charge is -2.44. The number of benzene rings is 7. The number of carbonyl (C=O) groups is 11. The Labute approximate surface area is 781 Å². The highest BCUT2D eigenvalue weighted by atomic mass is 35.5. The van der Waals surface area contributed by atoms with Gasteiger partial charge in [0.05, 0.1) is 47.4 Å². The van der Waals surface area contributed by atoms with Crippen LogP contribution in [0.5, 0.6) is 51.7 Å². The van der Waals surface area contributed by atoms with Gasteiger partial charge in [0.1, 0.15) is 119 Å². The number of aromatic amines is 1. The van der Waals surface area contributed by atoms with Gasteiger partial charge in [0.2, 0.25) is 71.1 Å². The fourth-order valence-corrected chi connectivity index (χ4v) is 17.2. The van der Waals surface area contributed by atoms with Crippen molar-refractivity contribution in [2.75, 3.05) is 13.7 Å². The van der Waals surface area contributed by atoms with Gasteiger partial charge in [0.15, 0.2) is 17.8 Å². The number of hydrogen-bond donors (Lipinski definition) is 24. The van der Waals surface area contributed by atoms with E-state index in [4.69, 9.17) is 68.8 Å². The van der Waals surface area contributed by atoms with E-state index in [-0.39, 0.29) is 59.3 Å². The number of nitrogens with one attached hydrogen (secondary N) is 11. The van der Waals surface area contributed by atoms with E-state index in [1.165, 1.54) is 57.3 Å².